The van der Waals surface area contributed by atoms with Crippen LogP contribution in [0, 0.1) is 0 Å². The monoisotopic (exact) mass is 302 g/mol. The maximum absolute atomic E-state index is 11.5. The first-order valence-corrected chi connectivity index (χ1v) is 7.24. The lowest BCUT2D eigenvalue weighted by Gasteiger charge is -2.05. The van der Waals surface area contributed by atoms with Gasteiger partial charge in [-0.05, 0) is 50.6 Å². The van der Waals surface area contributed by atoms with Crippen LogP contribution in [0.4, 0.5) is 0 Å². The van der Waals surface area contributed by atoms with E-state index in [1.54, 1.807) is 6.07 Å². The van der Waals surface area contributed by atoms with E-state index in [1.807, 2.05) is 19.2 Å². The van der Waals surface area contributed by atoms with E-state index >= 15 is 0 Å². The molecule has 0 atom stereocenters. The molecule has 0 bridgehead atoms. The molecule has 2 N–H and O–H groups in total. The lowest BCUT2D eigenvalue weighted by Crippen LogP contribution is -2.26. The number of nitrogens with one attached hydrogen (secondary N) is 2. The highest BCUT2D eigenvalue weighted by atomic mass is 35.5. The zero-order chi connectivity index (χ0) is 14.1. The van der Waals surface area contributed by atoms with Crippen molar-refractivity contribution in [3.05, 3.63) is 33.8 Å². The summed E-state index contributed by atoms with van der Waals surface area (Å²) in [6.07, 6.45) is 3.14. The van der Waals surface area contributed by atoms with Gasteiger partial charge in [0.15, 0.2) is 0 Å². The van der Waals surface area contributed by atoms with Gasteiger partial charge in [0.05, 0.1) is 10.0 Å². The third kappa shape index (κ3) is 6.81. The van der Waals surface area contributed by atoms with Gasteiger partial charge in [-0.25, -0.2) is 0 Å². The number of carbonyl (C=O) groups is 1. The van der Waals surface area contributed by atoms with Crippen LogP contribution in [0.1, 0.15) is 24.8 Å². The summed E-state index contributed by atoms with van der Waals surface area (Å²) in [6, 6.07) is 5.59. The van der Waals surface area contributed by atoms with Crippen molar-refractivity contribution in [3.8, 4) is 0 Å². The van der Waals surface area contributed by atoms with Gasteiger partial charge in [0, 0.05) is 13.0 Å². The highest BCUT2D eigenvalue weighted by Gasteiger charge is 2.03. The van der Waals surface area contributed by atoms with E-state index < -0.39 is 0 Å². The third-order valence-corrected chi connectivity index (χ3v) is 3.52. The standard InChI is InChI=1S/C14H20Cl2N2O/c1-17-8-3-9-18-14(19)5-2-4-11-6-7-12(15)13(16)10-11/h6-7,10,17H,2-5,8-9H2,1H3,(H,18,19). The number of hydrogen-bond donors (Lipinski definition) is 2. The Labute approximate surface area is 124 Å². The van der Waals surface area contributed by atoms with E-state index in [2.05, 4.69) is 10.6 Å². The van der Waals surface area contributed by atoms with Crippen molar-refractivity contribution in [2.24, 2.45) is 0 Å². The van der Waals surface area contributed by atoms with Gasteiger partial charge in [0.2, 0.25) is 5.91 Å². The lowest BCUT2D eigenvalue weighted by molar-refractivity contribution is -0.121. The predicted molar refractivity (Wildman–Crippen MR) is 81.0 cm³/mol. The summed E-state index contributed by atoms with van der Waals surface area (Å²) in [5.41, 5.74) is 1.11. The quantitative estimate of drug-likeness (QED) is 0.725. The SMILES string of the molecule is CNCCCNC(=O)CCCc1ccc(Cl)c(Cl)c1. The highest BCUT2D eigenvalue weighted by molar-refractivity contribution is 6.42. The van der Waals surface area contributed by atoms with Crippen molar-refractivity contribution in [2.75, 3.05) is 20.1 Å². The Morgan fingerprint density at radius 1 is 1.16 bits per heavy atom. The van der Waals surface area contributed by atoms with Crippen molar-refractivity contribution in [1.29, 1.82) is 0 Å². The van der Waals surface area contributed by atoms with Crippen molar-refractivity contribution < 1.29 is 4.79 Å². The molecule has 0 radical (unpaired) electrons. The molecule has 19 heavy (non-hydrogen) atoms. The molecule has 0 saturated heterocycles. The minimum atomic E-state index is 0.108. The Kier molecular flexibility index (Phi) is 7.87. The lowest BCUT2D eigenvalue weighted by atomic mass is 10.1. The fraction of sp³-hybridized carbons (Fsp3) is 0.500. The summed E-state index contributed by atoms with van der Waals surface area (Å²) in [7, 11) is 1.90. The van der Waals surface area contributed by atoms with Crippen LogP contribution >= 0.6 is 23.2 Å². The van der Waals surface area contributed by atoms with E-state index in [0.29, 0.717) is 16.5 Å². The molecule has 3 nitrogen and oxygen atoms in total. The predicted octanol–water partition coefficient (Wildman–Crippen LogP) is 3.04. The molecule has 0 saturated carbocycles. The second-order valence-corrected chi connectivity index (χ2v) is 5.22. The van der Waals surface area contributed by atoms with Crippen LogP contribution in [0.25, 0.3) is 0 Å². The normalized spacial score (nSPS) is 10.5. The second kappa shape index (κ2) is 9.18. The largest absolute Gasteiger partial charge is 0.356 e. The summed E-state index contributed by atoms with van der Waals surface area (Å²) < 4.78 is 0. The van der Waals surface area contributed by atoms with E-state index in [4.69, 9.17) is 23.2 Å². The molecule has 0 aromatic heterocycles. The summed E-state index contributed by atoms with van der Waals surface area (Å²) in [6.45, 7) is 1.65. The smallest absolute Gasteiger partial charge is 0.220 e. The fourth-order valence-electron chi connectivity index (χ4n) is 1.73. The van der Waals surface area contributed by atoms with Crippen LogP contribution in [0.5, 0.6) is 0 Å². The molecule has 0 aliphatic heterocycles. The van der Waals surface area contributed by atoms with Gasteiger partial charge >= 0.3 is 0 Å². The van der Waals surface area contributed by atoms with Gasteiger partial charge in [0.25, 0.3) is 0 Å². The van der Waals surface area contributed by atoms with Crippen LogP contribution in [0.2, 0.25) is 10.0 Å². The number of halogens is 2. The van der Waals surface area contributed by atoms with Gasteiger partial charge in [-0.3, -0.25) is 4.79 Å². The third-order valence-electron chi connectivity index (χ3n) is 2.78. The number of carbonyl (C=O) groups excluding carboxylic acids is 1. The Bertz CT molecular complexity index is 410. The van der Waals surface area contributed by atoms with Crippen molar-refractivity contribution in [1.82, 2.24) is 10.6 Å². The van der Waals surface area contributed by atoms with Gasteiger partial charge in [-0.1, -0.05) is 29.3 Å². The molecule has 5 heteroatoms. The molecule has 1 aromatic carbocycles. The maximum Gasteiger partial charge on any atom is 0.220 e. The van der Waals surface area contributed by atoms with E-state index in [-0.39, 0.29) is 5.91 Å². The number of hydrogen-bond acceptors (Lipinski definition) is 2. The topological polar surface area (TPSA) is 41.1 Å². The van der Waals surface area contributed by atoms with Crippen molar-refractivity contribution >= 4 is 29.1 Å². The van der Waals surface area contributed by atoms with Gasteiger partial charge in [0.1, 0.15) is 0 Å². The first-order chi connectivity index (χ1) is 9.13. The molecule has 106 valence electrons. The fourth-order valence-corrected chi connectivity index (χ4v) is 2.05. The molecule has 0 spiro atoms. The van der Waals surface area contributed by atoms with Crippen molar-refractivity contribution in [2.45, 2.75) is 25.7 Å². The zero-order valence-electron chi connectivity index (χ0n) is 11.1. The molecular formula is C14H20Cl2N2O. The number of benzene rings is 1. The molecule has 1 rings (SSSR count). The first kappa shape index (κ1) is 16.3. The Balaban J connectivity index is 2.18. The summed E-state index contributed by atoms with van der Waals surface area (Å²) in [4.78, 5) is 11.5. The van der Waals surface area contributed by atoms with E-state index in [0.717, 1.165) is 37.9 Å². The van der Waals surface area contributed by atoms with Crippen LogP contribution in [-0.4, -0.2) is 26.0 Å². The Morgan fingerprint density at radius 3 is 2.63 bits per heavy atom. The molecule has 0 unspecified atom stereocenters. The minimum Gasteiger partial charge on any atom is -0.356 e. The molecule has 0 aliphatic carbocycles. The van der Waals surface area contributed by atoms with Crippen LogP contribution in [0.3, 0.4) is 0 Å². The molecule has 0 heterocycles. The van der Waals surface area contributed by atoms with Crippen LogP contribution in [-0.2, 0) is 11.2 Å². The van der Waals surface area contributed by atoms with Crippen molar-refractivity contribution in [3.63, 3.8) is 0 Å². The Hall–Kier alpha value is -0.770. The summed E-state index contributed by atoms with van der Waals surface area (Å²) >= 11 is 11.8. The summed E-state index contributed by atoms with van der Waals surface area (Å²) in [5, 5.41) is 7.07. The summed E-state index contributed by atoms with van der Waals surface area (Å²) in [5.74, 6) is 0.108. The maximum atomic E-state index is 11.5. The highest BCUT2D eigenvalue weighted by Crippen LogP contribution is 2.23. The van der Waals surface area contributed by atoms with Crippen LogP contribution in [0.15, 0.2) is 18.2 Å². The number of amides is 1. The molecule has 1 amide bonds. The van der Waals surface area contributed by atoms with Gasteiger partial charge in [-0.2, -0.15) is 0 Å². The first-order valence-electron chi connectivity index (χ1n) is 6.48. The molecule has 0 fully saturated rings. The average molecular weight is 303 g/mol. The average Bonchev–Trinajstić information content (AvgIpc) is 2.39. The van der Waals surface area contributed by atoms with Gasteiger partial charge in [-0.15, -0.1) is 0 Å². The van der Waals surface area contributed by atoms with E-state index in [9.17, 15) is 4.79 Å². The molecule has 1 aromatic rings. The van der Waals surface area contributed by atoms with Gasteiger partial charge < -0.3 is 10.6 Å². The number of aryl methyl sites for hydroxylation is 1. The minimum absolute atomic E-state index is 0.108. The molecular weight excluding hydrogens is 283 g/mol. The zero-order valence-corrected chi connectivity index (χ0v) is 12.7. The second-order valence-electron chi connectivity index (χ2n) is 4.41. The molecule has 0 aliphatic rings. The van der Waals surface area contributed by atoms with E-state index in [1.165, 1.54) is 0 Å². The number of rotatable bonds is 8. The van der Waals surface area contributed by atoms with Crippen LogP contribution < -0.4 is 10.6 Å². The Morgan fingerprint density at radius 2 is 1.95 bits per heavy atom.